The summed E-state index contributed by atoms with van der Waals surface area (Å²) in [6, 6.07) is 9.90. The second-order valence-corrected chi connectivity index (χ2v) is 5.45. The summed E-state index contributed by atoms with van der Waals surface area (Å²) in [5.41, 5.74) is 1.10. The van der Waals surface area contributed by atoms with Gasteiger partial charge < -0.3 is 10.0 Å². The molecule has 0 aliphatic carbocycles. The summed E-state index contributed by atoms with van der Waals surface area (Å²) in [4.78, 5) is 14.0. The molecule has 1 rings (SSSR count). The minimum absolute atomic E-state index is 0.00856. The Bertz CT molecular complexity index is 376. The standard InChI is InChI=1S/C16H25NO2/c1-13(2)14(3)11-16(19)17(9-10-18)12-15-7-5-4-6-8-15/h4-8,13-14,18H,9-12H2,1-3H3. The number of carbonyl (C=O) groups excluding carboxylic acids is 1. The van der Waals surface area contributed by atoms with Gasteiger partial charge in [0, 0.05) is 19.5 Å². The van der Waals surface area contributed by atoms with Crippen LogP contribution in [0.5, 0.6) is 0 Å². The highest BCUT2D eigenvalue weighted by molar-refractivity contribution is 5.76. The van der Waals surface area contributed by atoms with E-state index in [0.717, 1.165) is 5.56 Å². The first kappa shape index (κ1) is 15.7. The van der Waals surface area contributed by atoms with Crippen molar-refractivity contribution in [1.29, 1.82) is 0 Å². The lowest BCUT2D eigenvalue weighted by Gasteiger charge is -2.24. The summed E-state index contributed by atoms with van der Waals surface area (Å²) in [6.07, 6.45) is 0.546. The molecular formula is C16H25NO2. The molecule has 0 fully saturated rings. The molecule has 0 bridgehead atoms. The fourth-order valence-electron chi connectivity index (χ4n) is 1.86. The fourth-order valence-corrected chi connectivity index (χ4v) is 1.86. The maximum absolute atomic E-state index is 12.3. The molecule has 1 atom stereocenters. The molecule has 3 nitrogen and oxygen atoms in total. The van der Waals surface area contributed by atoms with Crippen LogP contribution in [-0.2, 0) is 11.3 Å². The Hall–Kier alpha value is -1.35. The molecule has 0 aliphatic rings. The predicted molar refractivity (Wildman–Crippen MR) is 77.6 cm³/mol. The van der Waals surface area contributed by atoms with Crippen molar-refractivity contribution in [2.24, 2.45) is 11.8 Å². The average Bonchev–Trinajstić information content (AvgIpc) is 2.39. The zero-order chi connectivity index (χ0) is 14.3. The molecule has 0 radical (unpaired) electrons. The average molecular weight is 263 g/mol. The number of nitrogens with zero attached hydrogens (tertiary/aromatic N) is 1. The molecule has 0 heterocycles. The van der Waals surface area contributed by atoms with E-state index in [1.54, 1.807) is 4.90 Å². The van der Waals surface area contributed by atoms with Crippen LogP contribution in [0.25, 0.3) is 0 Å². The SMILES string of the molecule is CC(C)C(C)CC(=O)N(CCO)Cc1ccccc1. The number of hydrogen-bond acceptors (Lipinski definition) is 2. The second-order valence-electron chi connectivity index (χ2n) is 5.45. The van der Waals surface area contributed by atoms with Crippen LogP contribution in [0, 0.1) is 11.8 Å². The highest BCUT2D eigenvalue weighted by Crippen LogP contribution is 2.16. The van der Waals surface area contributed by atoms with Crippen molar-refractivity contribution in [2.45, 2.75) is 33.7 Å². The molecule has 19 heavy (non-hydrogen) atoms. The maximum atomic E-state index is 12.3. The number of aliphatic hydroxyl groups excluding tert-OH is 1. The molecule has 3 heteroatoms. The van der Waals surface area contributed by atoms with Gasteiger partial charge in [-0.3, -0.25) is 4.79 Å². The van der Waals surface area contributed by atoms with Gasteiger partial charge in [-0.15, -0.1) is 0 Å². The smallest absolute Gasteiger partial charge is 0.223 e. The normalized spacial score (nSPS) is 12.5. The quantitative estimate of drug-likeness (QED) is 0.821. The minimum atomic E-state index is 0.00856. The van der Waals surface area contributed by atoms with Gasteiger partial charge in [0.25, 0.3) is 0 Å². The van der Waals surface area contributed by atoms with E-state index in [1.165, 1.54) is 0 Å². The molecule has 0 spiro atoms. The van der Waals surface area contributed by atoms with E-state index in [4.69, 9.17) is 5.11 Å². The van der Waals surface area contributed by atoms with E-state index in [0.29, 0.717) is 31.3 Å². The molecular weight excluding hydrogens is 238 g/mol. The van der Waals surface area contributed by atoms with Crippen LogP contribution < -0.4 is 0 Å². The van der Waals surface area contributed by atoms with Crippen LogP contribution in [0.15, 0.2) is 30.3 Å². The van der Waals surface area contributed by atoms with Crippen LogP contribution in [0.4, 0.5) is 0 Å². The minimum Gasteiger partial charge on any atom is -0.395 e. The van der Waals surface area contributed by atoms with Gasteiger partial charge in [-0.1, -0.05) is 51.1 Å². The van der Waals surface area contributed by atoms with Crippen LogP contribution in [-0.4, -0.2) is 29.1 Å². The first-order chi connectivity index (χ1) is 9.04. The molecule has 0 aliphatic heterocycles. The molecule has 1 N–H and O–H groups in total. The van der Waals surface area contributed by atoms with Crippen molar-refractivity contribution in [2.75, 3.05) is 13.2 Å². The van der Waals surface area contributed by atoms with Gasteiger partial charge in [-0.05, 0) is 17.4 Å². The zero-order valence-electron chi connectivity index (χ0n) is 12.2. The summed E-state index contributed by atoms with van der Waals surface area (Å²) in [5, 5.41) is 9.11. The van der Waals surface area contributed by atoms with E-state index >= 15 is 0 Å². The number of benzene rings is 1. The van der Waals surface area contributed by atoms with Gasteiger partial charge in [-0.2, -0.15) is 0 Å². The molecule has 1 unspecified atom stereocenters. The number of carbonyl (C=O) groups is 1. The molecule has 1 aromatic carbocycles. The summed E-state index contributed by atoms with van der Waals surface area (Å²) in [7, 11) is 0. The summed E-state index contributed by atoms with van der Waals surface area (Å²) < 4.78 is 0. The van der Waals surface area contributed by atoms with Gasteiger partial charge in [0.15, 0.2) is 0 Å². The highest BCUT2D eigenvalue weighted by Gasteiger charge is 2.18. The van der Waals surface area contributed by atoms with Crippen molar-refractivity contribution in [3.8, 4) is 0 Å². The third-order valence-electron chi connectivity index (χ3n) is 3.57. The van der Waals surface area contributed by atoms with Gasteiger partial charge >= 0.3 is 0 Å². The highest BCUT2D eigenvalue weighted by atomic mass is 16.3. The fraction of sp³-hybridized carbons (Fsp3) is 0.562. The lowest BCUT2D eigenvalue weighted by atomic mass is 9.94. The predicted octanol–water partition coefficient (Wildman–Crippen LogP) is 2.69. The van der Waals surface area contributed by atoms with Crippen molar-refractivity contribution >= 4 is 5.91 Å². The number of hydrogen-bond donors (Lipinski definition) is 1. The summed E-state index contributed by atoms with van der Waals surface area (Å²) in [5.74, 6) is 0.986. The Kier molecular flexibility index (Phi) is 6.57. The third kappa shape index (κ3) is 5.43. The molecule has 0 aromatic heterocycles. The monoisotopic (exact) mass is 263 g/mol. The molecule has 0 saturated carbocycles. The third-order valence-corrected chi connectivity index (χ3v) is 3.57. The summed E-state index contributed by atoms with van der Waals surface area (Å²) >= 11 is 0. The first-order valence-corrected chi connectivity index (χ1v) is 6.97. The van der Waals surface area contributed by atoms with Crippen LogP contribution in [0.3, 0.4) is 0 Å². The van der Waals surface area contributed by atoms with Gasteiger partial charge in [0.1, 0.15) is 0 Å². The number of amides is 1. The first-order valence-electron chi connectivity index (χ1n) is 6.97. The Morgan fingerprint density at radius 1 is 1.21 bits per heavy atom. The topological polar surface area (TPSA) is 40.5 Å². The zero-order valence-corrected chi connectivity index (χ0v) is 12.2. The van der Waals surface area contributed by atoms with Crippen molar-refractivity contribution in [1.82, 2.24) is 4.90 Å². The van der Waals surface area contributed by atoms with Gasteiger partial charge in [0.2, 0.25) is 5.91 Å². The van der Waals surface area contributed by atoms with Gasteiger partial charge in [0.05, 0.1) is 6.61 Å². The lowest BCUT2D eigenvalue weighted by Crippen LogP contribution is -2.34. The van der Waals surface area contributed by atoms with E-state index in [2.05, 4.69) is 20.8 Å². The molecule has 1 amide bonds. The lowest BCUT2D eigenvalue weighted by molar-refractivity contribution is -0.133. The molecule has 1 aromatic rings. The molecule has 0 saturated heterocycles. The number of aliphatic hydroxyl groups is 1. The maximum Gasteiger partial charge on any atom is 0.223 e. The molecule has 106 valence electrons. The van der Waals surface area contributed by atoms with Crippen LogP contribution in [0.2, 0.25) is 0 Å². The van der Waals surface area contributed by atoms with E-state index < -0.39 is 0 Å². The van der Waals surface area contributed by atoms with Crippen molar-refractivity contribution in [3.05, 3.63) is 35.9 Å². The Morgan fingerprint density at radius 2 is 1.84 bits per heavy atom. The van der Waals surface area contributed by atoms with Crippen LogP contribution >= 0.6 is 0 Å². The summed E-state index contributed by atoms with van der Waals surface area (Å²) in [6.45, 7) is 7.34. The van der Waals surface area contributed by atoms with Crippen LogP contribution in [0.1, 0.15) is 32.8 Å². The van der Waals surface area contributed by atoms with Gasteiger partial charge in [-0.25, -0.2) is 0 Å². The second kappa shape index (κ2) is 7.95. The van der Waals surface area contributed by atoms with E-state index in [1.807, 2.05) is 30.3 Å². The van der Waals surface area contributed by atoms with E-state index in [9.17, 15) is 4.79 Å². The number of rotatable bonds is 7. The Morgan fingerprint density at radius 3 is 2.37 bits per heavy atom. The Labute approximate surface area is 116 Å². The van der Waals surface area contributed by atoms with Crippen molar-refractivity contribution < 1.29 is 9.90 Å². The largest absolute Gasteiger partial charge is 0.395 e. The Balaban J connectivity index is 2.63. The van der Waals surface area contributed by atoms with Crippen molar-refractivity contribution in [3.63, 3.8) is 0 Å². The van der Waals surface area contributed by atoms with E-state index in [-0.39, 0.29) is 12.5 Å².